The van der Waals surface area contributed by atoms with Gasteiger partial charge in [0.1, 0.15) is 5.82 Å². The minimum atomic E-state index is -2.63. The lowest BCUT2D eigenvalue weighted by molar-refractivity contribution is 0.0573. The van der Waals surface area contributed by atoms with Gasteiger partial charge in [-0.3, -0.25) is 9.47 Å². The van der Waals surface area contributed by atoms with Gasteiger partial charge in [0.25, 0.3) is 5.92 Å². The maximum atomic E-state index is 13.9. The molecule has 1 unspecified atom stereocenters. The van der Waals surface area contributed by atoms with Crippen LogP contribution in [0.15, 0.2) is 30.6 Å². The second-order valence-electron chi connectivity index (χ2n) is 10.5. The van der Waals surface area contributed by atoms with E-state index in [0.29, 0.717) is 24.0 Å². The summed E-state index contributed by atoms with van der Waals surface area (Å²) in [6.45, 7) is 4.67. The van der Waals surface area contributed by atoms with Crippen molar-refractivity contribution in [3.8, 4) is 5.69 Å². The monoisotopic (exact) mass is 483 g/mol. The molecular formula is C24H24ClF2N7. The van der Waals surface area contributed by atoms with E-state index in [9.17, 15) is 8.78 Å². The van der Waals surface area contributed by atoms with Crippen molar-refractivity contribution in [1.29, 1.82) is 0 Å². The fraction of sp³-hybridized carbons (Fsp3) is 0.500. The number of halogens is 3. The minimum Gasteiger partial charge on any atom is -0.340 e. The second kappa shape index (κ2) is 6.95. The Kier molecular flexibility index (Phi) is 4.23. The zero-order chi connectivity index (χ0) is 23.2. The Hall–Kier alpha value is -2.65. The summed E-state index contributed by atoms with van der Waals surface area (Å²) in [6, 6.07) is 4.96. The van der Waals surface area contributed by atoms with Crippen molar-refractivity contribution in [2.75, 3.05) is 18.0 Å². The van der Waals surface area contributed by atoms with Gasteiger partial charge in [0.2, 0.25) is 5.95 Å². The molecule has 0 amide bonds. The Bertz CT molecular complexity index is 1280. The third-order valence-electron chi connectivity index (χ3n) is 7.82. The normalized spacial score (nSPS) is 24.7. The molecule has 3 aromatic rings. The number of nitrogens with zero attached hydrogens (tertiary/aromatic N) is 7. The van der Waals surface area contributed by atoms with Gasteiger partial charge in [0, 0.05) is 54.8 Å². The molecule has 7 nitrogen and oxygen atoms in total. The molecule has 3 fully saturated rings. The van der Waals surface area contributed by atoms with E-state index in [1.54, 1.807) is 0 Å². The van der Waals surface area contributed by atoms with Gasteiger partial charge in [0.15, 0.2) is 5.82 Å². The number of rotatable bonds is 3. The molecule has 0 N–H and O–H groups in total. The zero-order valence-corrected chi connectivity index (χ0v) is 19.5. The first kappa shape index (κ1) is 20.7. The predicted molar refractivity (Wildman–Crippen MR) is 122 cm³/mol. The summed E-state index contributed by atoms with van der Waals surface area (Å²) >= 11 is 6.29. The molecule has 34 heavy (non-hydrogen) atoms. The molecule has 4 aliphatic rings. The maximum Gasteiger partial charge on any atom is 0.265 e. The highest BCUT2D eigenvalue weighted by Crippen LogP contribution is 2.56. The van der Waals surface area contributed by atoms with E-state index in [0.717, 1.165) is 60.3 Å². The van der Waals surface area contributed by atoms with Gasteiger partial charge in [-0.25, -0.2) is 18.7 Å². The lowest BCUT2D eigenvalue weighted by Gasteiger charge is -2.58. The summed E-state index contributed by atoms with van der Waals surface area (Å²) in [5.41, 5.74) is 3.22. The number of hydrogen-bond acceptors (Lipinski definition) is 6. The third-order valence-corrected chi connectivity index (χ3v) is 8.05. The van der Waals surface area contributed by atoms with Crippen LogP contribution in [0.2, 0.25) is 5.02 Å². The molecule has 176 valence electrons. The van der Waals surface area contributed by atoms with Crippen molar-refractivity contribution in [1.82, 2.24) is 29.6 Å². The quantitative estimate of drug-likeness (QED) is 0.558. The van der Waals surface area contributed by atoms with Crippen LogP contribution in [0, 0.1) is 12.3 Å². The van der Waals surface area contributed by atoms with Gasteiger partial charge in [-0.2, -0.15) is 0 Å². The first-order valence-electron chi connectivity index (χ1n) is 11.7. The molecular weight excluding hydrogens is 460 g/mol. The number of aryl methyl sites for hydroxylation is 1. The number of hydrogen-bond donors (Lipinski definition) is 0. The van der Waals surface area contributed by atoms with Crippen LogP contribution < -0.4 is 4.90 Å². The van der Waals surface area contributed by atoms with Crippen molar-refractivity contribution in [3.05, 3.63) is 58.4 Å². The topological polar surface area (TPSA) is 63.0 Å². The SMILES string of the molecule is Cc1cnc(N2CC3(CC(c4nnc5n4-c4ccc(Cl)cc4CN(C4CC4(F)F)C5)C3)C2)nc1. The van der Waals surface area contributed by atoms with E-state index in [1.165, 1.54) is 0 Å². The predicted octanol–water partition coefficient (Wildman–Crippen LogP) is 4.13. The average molecular weight is 484 g/mol. The summed E-state index contributed by atoms with van der Waals surface area (Å²) in [7, 11) is 0. The molecule has 2 aromatic heterocycles. The highest BCUT2D eigenvalue weighted by molar-refractivity contribution is 6.30. The number of benzene rings is 1. The van der Waals surface area contributed by atoms with Crippen LogP contribution in [-0.4, -0.2) is 54.7 Å². The number of fused-ring (bicyclic) bond motifs is 3. The highest BCUT2D eigenvalue weighted by atomic mass is 35.5. The van der Waals surface area contributed by atoms with Crippen LogP contribution in [0.25, 0.3) is 5.69 Å². The largest absolute Gasteiger partial charge is 0.340 e. The molecule has 10 heteroatoms. The van der Waals surface area contributed by atoms with Crippen molar-refractivity contribution in [2.45, 2.75) is 57.2 Å². The molecule has 0 bridgehead atoms. The molecule has 1 spiro atoms. The molecule has 2 saturated carbocycles. The molecule has 4 heterocycles. The second-order valence-corrected chi connectivity index (χ2v) is 10.9. The molecule has 1 atom stereocenters. The van der Waals surface area contributed by atoms with Crippen LogP contribution in [-0.2, 0) is 13.1 Å². The minimum absolute atomic E-state index is 0.101. The molecule has 2 aliphatic carbocycles. The summed E-state index contributed by atoms with van der Waals surface area (Å²) in [6.07, 6.45) is 5.66. The van der Waals surface area contributed by atoms with Crippen LogP contribution >= 0.6 is 11.6 Å². The first-order chi connectivity index (χ1) is 16.3. The maximum absolute atomic E-state index is 13.9. The zero-order valence-electron chi connectivity index (χ0n) is 18.8. The van der Waals surface area contributed by atoms with Crippen LogP contribution in [0.4, 0.5) is 14.7 Å². The average Bonchev–Trinajstić information content (AvgIpc) is 3.25. The first-order valence-corrected chi connectivity index (χ1v) is 12.1. The summed E-state index contributed by atoms with van der Waals surface area (Å²) < 4.78 is 29.9. The van der Waals surface area contributed by atoms with Gasteiger partial charge < -0.3 is 4.90 Å². The number of aromatic nitrogens is 5. The van der Waals surface area contributed by atoms with E-state index in [4.69, 9.17) is 11.6 Å². The molecule has 0 radical (unpaired) electrons. The fourth-order valence-electron chi connectivity index (χ4n) is 6.01. The van der Waals surface area contributed by atoms with E-state index < -0.39 is 12.0 Å². The molecule has 7 rings (SSSR count). The highest BCUT2D eigenvalue weighted by Gasteiger charge is 2.60. The molecule has 2 aliphatic heterocycles. The summed E-state index contributed by atoms with van der Waals surface area (Å²) in [5.74, 6) is 0.106. The van der Waals surface area contributed by atoms with E-state index >= 15 is 0 Å². The molecule has 1 aromatic carbocycles. The Labute approximate surface area is 200 Å². The Morgan fingerprint density at radius 2 is 1.76 bits per heavy atom. The third kappa shape index (κ3) is 3.16. The van der Waals surface area contributed by atoms with Crippen LogP contribution in [0.5, 0.6) is 0 Å². The number of anilines is 1. The van der Waals surface area contributed by atoms with Crippen LogP contribution in [0.1, 0.15) is 48.0 Å². The van der Waals surface area contributed by atoms with Crippen LogP contribution in [0.3, 0.4) is 0 Å². The summed E-state index contributed by atoms with van der Waals surface area (Å²) in [5, 5.41) is 9.65. The Morgan fingerprint density at radius 3 is 2.47 bits per heavy atom. The summed E-state index contributed by atoms with van der Waals surface area (Å²) in [4.78, 5) is 12.9. The lowest BCUT2D eigenvalue weighted by Crippen LogP contribution is -2.62. The van der Waals surface area contributed by atoms with Gasteiger partial charge in [-0.1, -0.05) is 11.6 Å². The number of alkyl halides is 2. The van der Waals surface area contributed by atoms with Crippen molar-refractivity contribution in [3.63, 3.8) is 0 Å². The van der Waals surface area contributed by atoms with E-state index in [1.807, 2.05) is 42.4 Å². The van der Waals surface area contributed by atoms with Crippen molar-refractivity contribution >= 4 is 17.5 Å². The van der Waals surface area contributed by atoms with Crippen molar-refractivity contribution < 1.29 is 8.78 Å². The smallest absolute Gasteiger partial charge is 0.265 e. The van der Waals surface area contributed by atoms with Gasteiger partial charge in [-0.05, 0) is 49.1 Å². The fourth-order valence-corrected chi connectivity index (χ4v) is 6.21. The Morgan fingerprint density at radius 1 is 1.03 bits per heavy atom. The Balaban J connectivity index is 1.14. The van der Waals surface area contributed by atoms with E-state index in [-0.39, 0.29) is 11.8 Å². The van der Waals surface area contributed by atoms with Gasteiger partial charge in [-0.15, -0.1) is 10.2 Å². The van der Waals surface area contributed by atoms with Gasteiger partial charge in [0.05, 0.1) is 18.3 Å². The molecule has 1 saturated heterocycles. The standard InChI is InChI=1S/C24H24ClF2N7/c1-14-8-28-22(29-9-14)33-12-23(13-33)5-16(6-23)21-31-30-20-11-32(19-7-24(19,26)27)10-15-4-17(25)2-3-18(15)34(20)21/h2-4,8-9,16,19H,5-7,10-13H2,1H3. The van der Waals surface area contributed by atoms with Crippen molar-refractivity contribution in [2.24, 2.45) is 5.41 Å². The van der Waals surface area contributed by atoms with Gasteiger partial charge >= 0.3 is 0 Å². The lowest BCUT2D eigenvalue weighted by atomic mass is 9.57. The van der Waals surface area contributed by atoms with E-state index in [2.05, 4.69) is 29.6 Å².